The van der Waals surface area contributed by atoms with Crippen LogP contribution in [0.15, 0.2) is 84.9 Å². The highest BCUT2D eigenvalue weighted by atomic mass is 32.2. The van der Waals surface area contributed by atoms with E-state index in [0.717, 1.165) is 18.4 Å². The molecule has 288 valence electrons. The second kappa shape index (κ2) is 20.4. The fourth-order valence-corrected chi connectivity index (χ4v) is 8.16. The van der Waals surface area contributed by atoms with Crippen molar-refractivity contribution in [3.63, 3.8) is 0 Å². The van der Waals surface area contributed by atoms with Gasteiger partial charge in [0.05, 0.1) is 31.8 Å². The van der Waals surface area contributed by atoms with Crippen LogP contribution in [0.4, 0.5) is 15.3 Å². The Balaban J connectivity index is 1.27. The van der Waals surface area contributed by atoms with Crippen LogP contribution in [0.5, 0.6) is 5.75 Å². The Kier molecular flexibility index (Phi) is 15.7. The molecule has 1 aliphatic heterocycles. The zero-order valence-electron chi connectivity index (χ0n) is 29.6. The Morgan fingerprint density at radius 3 is 2.09 bits per heavy atom. The van der Waals surface area contributed by atoms with E-state index in [0.29, 0.717) is 30.7 Å². The number of alkyl carbamates (subject to hydrolysis) is 1. The minimum atomic E-state index is -4.11. The number of unbranched alkanes of at least 4 members (excludes halogenated alkanes) is 3. The van der Waals surface area contributed by atoms with Crippen molar-refractivity contribution >= 4 is 43.6 Å². The van der Waals surface area contributed by atoms with E-state index in [-0.39, 0.29) is 44.3 Å². The summed E-state index contributed by atoms with van der Waals surface area (Å²) in [6.07, 6.45) is 2.24. The molecule has 1 aliphatic rings. The third kappa shape index (κ3) is 14.2. The number of sulfone groups is 1. The first-order chi connectivity index (χ1) is 25.4. The van der Waals surface area contributed by atoms with Gasteiger partial charge in [-0.1, -0.05) is 73.5 Å². The van der Waals surface area contributed by atoms with Crippen LogP contribution in [-0.4, -0.2) is 96.9 Å². The maximum atomic E-state index is 13.4. The first-order valence-corrected chi connectivity index (χ1v) is 20.6. The number of nitrogens with one attached hydrogen (secondary N) is 4. The molecule has 1 saturated heterocycles. The number of carbonyl (C=O) groups excluding carboxylic acids is 3. The number of rotatable bonds is 19. The second-order valence-corrected chi connectivity index (χ2v) is 16.3. The molecule has 4 rings (SSSR count). The fourth-order valence-electron chi connectivity index (χ4n) is 5.35. The van der Waals surface area contributed by atoms with E-state index in [1.807, 2.05) is 30.3 Å². The molecule has 4 N–H and O–H groups in total. The van der Waals surface area contributed by atoms with Crippen LogP contribution in [0.3, 0.4) is 0 Å². The molecule has 0 radical (unpaired) electrons. The summed E-state index contributed by atoms with van der Waals surface area (Å²) in [6, 6.07) is 21.8. The number of anilines is 1. The third-order valence-electron chi connectivity index (χ3n) is 8.17. The average molecular weight is 774 g/mol. The molecule has 0 spiro atoms. The fraction of sp³-hybridized carbons (Fsp3) is 0.417. The Morgan fingerprint density at radius 1 is 0.830 bits per heavy atom. The maximum Gasteiger partial charge on any atom is 0.407 e. The predicted molar refractivity (Wildman–Crippen MR) is 199 cm³/mol. The molecule has 53 heavy (non-hydrogen) atoms. The molecular weight excluding hydrogens is 727 g/mol. The number of sulfonamides is 1. The van der Waals surface area contributed by atoms with Gasteiger partial charge in [0.25, 0.3) is 10.0 Å². The standard InChI is InChI=1S/C36H47N5O10S2/c1-49-31-18-16-30(17-19-31)40-53(47,48)33-24-41(22-23-50-33)35(43)39-32(27-52(45,46)26-29-14-8-5-9-15-29)34(42)37-20-10-2-3-11-21-38-36(44)51-25-28-12-6-4-7-13-28/h4-9,12-19,32-33,40H,2-3,10-11,20-27H2,1H3,(H,37,42)(H,38,44)(H,39,43)/t32-,33?/m1/s1. The lowest BCUT2D eigenvalue weighted by molar-refractivity contribution is -0.122. The van der Waals surface area contributed by atoms with Crippen molar-refractivity contribution in [2.75, 3.05) is 50.4 Å². The Bertz CT molecular complexity index is 1830. The Hall–Kier alpha value is -4.87. The van der Waals surface area contributed by atoms with E-state index < -0.39 is 55.1 Å². The topological polar surface area (TPSA) is 199 Å². The van der Waals surface area contributed by atoms with Crippen molar-refractivity contribution in [1.82, 2.24) is 20.9 Å². The smallest absolute Gasteiger partial charge is 0.407 e. The molecule has 0 aromatic heterocycles. The number of morpholine rings is 1. The lowest BCUT2D eigenvalue weighted by atomic mass is 10.2. The number of hydrogen-bond donors (Lipinski definition) is 4. The lowest BCUT2D eigenvalue weighted by Gasteiger charge is -2.33. The number of methoxy groups -OCH3 is 1. The number of benzene rings is 3. The molecule has 0 bridgehead atoms. The molecule has 17 heteroatoms. The summed E-state index contributed by atoms with van der Waals surface area (Å²) in [5.41, 5.74) is 0.266. The molecule has 4 amide bonds. The number of hydrogen-bond acceptors (Lipinski definition) is 10. The van der Waals surface area contributed by atoms with Crippen LogP contribution in [0, 0.1) is 0 Å². The van der Waals surface area contributed by atoms with Gasteiger partial charge in [0, 0.05) is 25.3 Å². The van der Waals surface area contributed by atoms with Crippen molar-refractivity contribution in [1.29, 1.82) is 0 Å². The van der Waals surface area contributed by atoms with Gasteiger partial charge >= 0.3 is 12.1 Å². The number of amides is 4. The number of ether oxygens (including phenoxy) is 3. The lowest BCUT2D eigenvalue weighted by Crippen LogP contribution is -2.58. The quantitative estimate of drug-likeness (QED) is 0.131. The van der Waals surface area contributed by atoms with Gasteiger partial charge in [-0.3, -0.25) is 9.52 Å². The summed E-state index contributed by atoms with van der Waals surface area (Å²) >= 11 is 0. The van der Waals surface area contributed by atoms with E-state index >= 15 is 0 Å². The van der Waals surface area contributed by atoms with E-state index in [9.17, 15) is 31.2 Å². The number of nitrogens with zero attached hydrogens (tertiary/aromatic N) is 1. The van der Waals surface area contributed by atoms with Crippen LogP contribution in [-0.2, 0) is 46.5 Å². The zero-order chi connectivity index (χ0) is 38.1. The van der Waals surface area contributed by atoms with E-state index in [2.05, 4.69) is 20.7 Å². The van der Waals surface area contributed by atoms with Crippen molar-refractivity contribution in [2.45, 2.75) is 49.5 Å². The molecule has 2 atom stereocenters. The van der Waals surface area contributed by atoms with E-state index in [1.54, 1.807) is 42.5 Å². The molecule has 0 aliphatic carbocycles. The molecular formula is C36H47N5O10S2. The van der Waals surface area contributed by atoms with Gasteiger partial charge < -0.3 is 35.1 Å². The van der Waals surface area contributed by atoms with Crippen molar-refractivity contribution < 1.29 is 45.4 Å². The monoisotopic (exact) mass is 773 g/mol. The van der Waals surface area contributed by atoms with Gasteiger partial charge in [-0.2, -0.15) is 0 Å². The maximum absolute atomic E-state index is 13.4. The summed E-state index contributed by atoms with van der Waals surface area (Å²) in [7, 11) is -6.50. The van der Waals surface area contributed by atoms with Gasteiger partial charge in [0.15, 0.2) is 15.3 Å². The van der Waals surface area contributed by atoms with E-state index in [4.69, 9.17) is 14.2 Å². The predicted octanol–water partition coefficient (Wildman–Crippen LogP) is 3.39. The first kappa shape index (κ1) is 40.9. The molecule has 0 saturated carbocycles. The van der Waals surface area contributed by atoms with Crippen LogP contribution in [0.1, 0.15) is 36.8 Å². The normalized spacial score (nSPS) is 15.1. The van der Waals surface area contributed by atoms with Gasteiger partial charge in [-0.15, -0.1) is 0 Å². The minimum Gasteiger partial charge on any atom is -0.497 e. The van der Waals surface area contributed by atoms with Gasteiger partial charge in [0.1, 0.15) is 18.4 Å². The molecule has 3 aromatic rings. The number of carbonyl (C=O) groups is 3. The van der Waals surface area contributed by atoms with Gasteiger partial charge in [-0.05, 0) is 48.2 Å². The summed E-state index contributed by atoms with van der Waals surface area (Å²) in [5, 5.41) is 7.95. The summed E-state index contributed by atoms with van der Waals surface area (Å²) in [4.78, 5) is 39.8. The van der Waals surface area contributed by atoms with Crippen LogP contribution in [0.2, 0.25) is 0 Å². The van der Waals surface area contributed by atoms with Crippen LogP contribution in [0.25, 0.3) is 0 Å². The highest BCUT2D eigenvalue weighted by molar-refractivity contribution is 7.93. The largest absolute Gasteiger partial charge is 0.497 e. The summed E-state index contributed by atoms with van der Waals surface area (Å²) in [6.45, 7) is 0.390. The molecule has 1 unspecified atom stereocenters. The number of urea groups is 1. The van der Waals surface area contributed by atoms with Crippen molar-refractivity contribution in [2.24, 2.45) is 0 Å². The highest BCUT2D eigenvalue weighted by Gasteiger charge is 2.36. The van der Waals surface area contributed by atoms with Gasteiger partial charge in [0.2, 0.25) is 5.91 Å². The van der Waals surface area contributed by atoms with Crippen molar-refractivity contribution in [3.8, 4) is 5.75 Å². The van der Waals surface area contributed by atoms with Crippen LogP contribution >= 0.6 is 0 Å². The minimum absolute atomic E-state index is 0.0189. The average Bonchev–Trinajstić information content (AvgIpc) is 3.15. The molecule has 15 nitrogen and oxygen atoms in total. The highest BCUT2D eigenvalue weighted by Crippen LogP contribution is 2.20. The third-order valence-corrected chi connectivity index (χ3v) is 11.3. The summed E-state index contributed by atoms with van der Waals surface area (Å²) < 4.78 is 70.8. The Labute approximate surface area is 310 Å². The van der Waals surface area contributed by atoms with E-state index in [1.165, 1.54) is 24.1 Å². The summed E-state index contributed by atoms with van der Waals surface area (Å²) in [5.74, 6) is -1.15. The van der Waals surface area contributed by atoms with Crippen LogP contribution < -0.4 is 25.4 Å². The second-order valence-electron chi connectivity index (χ2n) is 12.4. The molecule has 3 aromatic carbocycles. The van der Waals surface area contributed by atoms with Gasteiger partial charge in [-0.25, -0.2) is 26.4 Å². The molecule has 1 heterocycles. The zero-order valence-corrected chi connectivity index (χ0v) is 31.2. The SMILES string of the molecule is COc1ccc(NS(=O)(=O)C2CN(C(=O)N[C@H](CS(=O)(=O)Cc3ccccc3)C(=O)NCCCCCCNC(=O)OCc3ccccc3)CCO2)cc1. The van der Waals surface area contributed by atoms with Crippen molar-refractivity contribution in [3.05, 3.63) is 96.1 Å². The first-order valence-electron chi connectivity index (χ1n) is 17.2. The Morgan fingerprint density at radius 2 is 1.45 bits per heavy atom. The molecule has 1 fully saturated rings.